The molecule has 1 amide bonds. The van der Waals surface area contributed by atoms with Crippen molar-refractivity contribution in [2.24, 2.45) is 0 Å². The molecule has 0 bridgehead atoms. The summed E-state index contributed by atoms with van der Waals surface area (Å²) in [5.41, 5.74) is 5.43. The second-order valence-electron chi connectivity index (χ2n) is 3.37. The van der Waals surface area contributed by atoms with Crippen LogP contribution in [0.15, 0.2) is 23.1 Å². The zero-order chi connectivity index (χ0) is 12.1. The molecule has 8 heteroatoms. The van der Waals surface area contributed by atoms with Crippen molar-refractivity contribution in [3.63, 3.8) is 0 Å². The summed E-state index contributed by atoms with van der Waals surface area (Å²) in [7, 11) is 0. The van der Waals surface area contributed by atoms with Crippen molar-refractivity contribution < 1.29 is 9.32 Å². The third-order valence-electron chi connectivity index (χ3n) is 2.03. The lowest BCUT2D eigenvalue weighted by molar-refractivity contribution is -0.121. The molecule has 0 aliphatic heterocycles. The van der Waals surface area contributed by atoms with Gasteiger partial charge in [0.15, 0.2) is 6.33 Å². The molecule has 17 heavy (non-hydrogen) atoms. The average molecular weight is 236 g/mol. The summed E-state index contributed by atoms with van der Waals surface area (Å²) in [6.07, 6.45) is 3.48. The molecule has 2 heterocycles. The lowest BCUT2D eigenvalue weighted by Crippen LogP contribution is -2.29. The Morgan fingerprint density at radius 1 is 1.59 bits per heavy atom. The van der Waals surface area contributed by atoms with Gasteiger partial charge in [-0.05, 0) is 6.07 Å². The van der Waals surface area contributed by atoms with Crippen LogP contribution in [0.5, 0.6) is 0 Å². The molecule has 8 nitrogen and oxygen atoms in total. The number of nitrogens with zero attached hydrogens (tertiary/aromatic N) is 4. The quantitative estimate of drug-likeness (QED) is 0.703. The molecule has 2 aromatic heterocycles. The van der Waals surface area contributed by atoms with Crippen LogP contribution in [0.1, 0.15) is 5.89 Å². The fourth-order valence-electron chi connectivity index (χ4n) is 1.28. The predicted molar refractivity (Wildman–Crippen MR) is 57.7 cm³/mol. The molecule has 0 aliphatic rings. The summed E-state index contributed by atoms with van der Waals surface area (Å²) < 4.78 is 6.26. The van der Waals surface area contributed by atoms with Gasteiger partial charge in [0.25, 0.3) is 0 Å². The third kappa shape index (κ3) is 3.30. The van der Waals surface area contributed by atoms with E-state index in [0.717, 1.165) is 0 Å². The molecule has 0 atom stereocenters. The van der Waals surface area contributed by atoms with Gasteiger partial charge >= 0.3 is 0 Å². The fourth-order valence-corrected chi connectivity index (χ4v) is 1.28. The van der Waals surface area contributed by atoms with E-state index in [1.165, 1.54) is 11.0 Å². The number of hydrogen-bond donors (Lipinski definition) is 2. The second kappa shape index (κ2) is 5.10. The van der Waals surface area contributed by atoms with Gasteiger partial charge in [-0.3, -0.25) is 9.48 Å². The van der Waals surface area contributed by atoms with E-state index in [0.29, 0.717) is 24.7 Å². The zero-order valence-electron chi connectivity index (χ0n) is 9.04. The second-order valence-corrected chi connectivity index (χ2v) is 3.37. The molecule has 0 fully saturated rings. The van der Waals surface area contributed by atoms with Crippen LogP contribution in [0.4, 0.5) is 5.82 Å². The standard InChI is InChI=1S/C9H12N6O2/c10-7-2-4-15(14-7)5-8(16)11-3-1-9-12-6-13-17-9/h2,4,6H,1,3,5H2,(H2,10,14)(H,11,16). The van der Waals surface area contributed by atoms with Crippen molar-refractivity contribution in [3.05, 3.63) is 24.5 Å². The number of carbonyl (C=O) groups excluding carboxylic acids is 1. The normalized spacial score (nSPS) is 10.4. The molecule has 2 rings (SSSR count). The van der Waals surface area contributed by atoms with Crippen molar-refractivity contribution in [1.82, 2.24) is 25.2 Å². The molecular formula is C9H12N6O2. The van der Waals surface area contributed by atoms with Gasteiger partial charge in [-0.15, -0.1) is 0 Å². The van der Waals surface area contributed by atoms with Crippen molar-refractivity contribution in [3.8, 4) is 0 Å². The number of carbonyl (C=O) groups is 1. The Balaban J connectivity index is 1.71. The highest BCUT2D eigenvalue weighted by Gasteiger charge is 2.04. The van der Waals surface area contributed by atoms with Gasteiger partial charge in [0.1, 0.15) is 12.4 Å². The maximum Gasteiger partial charge on any atom is 0.241 e. The zero-order valence-corrected chi connectivity index (χ0v) is 9.04. The van der Waals surface area contributed by atoms with Crippen molar-refractivity contribution in [1.29, 1.82) is 0 Å². The number of nitrogen functional groups attached to an aromatic ring is 1. The lowest BCUT2D eigenvalue weighted by atomic mass is 10.4. The van der Waals surface area contributed by atoms with Gasteiger partial charge in [0.05, 0.1) is 0 Å². The molecule has 0 spiro atoms. The molecule has 3 N–H and O–H groups in total. The van der Waals surface area contributed by atoms with Crippen molar-refractivity contribution in [2.45, 2.75) is 13.0 Å². The minimum absolute atomic E-state index is 0.140. The molecule has 0 radical (unpaired) electrons. The van der Waals surface area contributed by atoms with Gasteiger partial charge in [-0.2, -0.15) is 10.1 Å². The Hall–Kier alpha value is -2.38. The number of anilines is 1. The Kier molecular flexibility index (Phi) is 3.34. The van der Waals surface area contributed by atoms with Crippen molar-refractivity contribution >= 4 is 11.7 Å². The summed E-state index contributed by atoms with van der Waals surface area (Å²) in [5, 5.41) is 10.1. The summed E-state index contributed by atoms with van der Waals surface area (Å²) in [5.74, 6) is 0.741. The highest BCUT2D eigenvalue weighted by molar-refractivity contribution is 5.75. The number of nitrogens with one attached hydrogen (secondary N) is 1. The lowest BCUT2D eigenvalue weighted by Gasteiger charge is -2.03. The van der Waals surface area contributed by atoms with Crippen LogP contribution < -0.4 is 11.1 Å². The minimum atomic E-state index is -0.146. The van der Waals surface area contributed by atoms with Crippen LogP contribution in [0.2, 0.25) is 0 Å². The Labute approximate surface area is 96.8 Å². The predicted octanol–water partition coefficient (Wildman–Crippen LogP) is -0.793. The van der Waals surface area contributed by atoms with E-state index >= 15 is 0 Å². The van der Waals surface area contributed by atoms with Crippen LogP contribution in [0.3, 0.4) is 0 Å². The van der Waals surface area contributed by atoms with E-state index in [2.05, 4.69) is 20.6 Å². The number of rotatable bonds is 5. The Morgan fingerprint density at radius 3 is 3.12 bits per heavy atom. The van der Waals surface area contributed by atoms with Gasteiger partial charge in [-0.1, -0.05) is 5.16 Å². The molecule has 90 valence electrons. The third-order valence-corrected chi connectivity index (χ3v) is 2.03. The fraction of sp³-hybridized carbons (Fsp3) is 0.333. The maximum atomic E-state index is 11.5. The van der Waals surface area contributed by atoms with E-state index < -0.39 is 0 Å². The first-order valence-corrected chi connectivity index (χ1v) is 5.05. The first kappa shape index (κ1) is 11.1. The van der Waals surface area contributed by atoms with Crippen LogP contribution >= 0.6 is 0 Å². The monoisotopic (exact) mass is 236 g/mol. The first-order valence-electron chi connectivity index (χ1n) is 5.05. The molecular weight excluding hydrogens is 224 g/mol. The van der Waals surface area contributed by atoms with E-state index in [1.54, 1.807) is 12.3 Å². The van der Waals surface area contributed by atoms with Crippen molar-refractivity contribution in [2.75, 3.05) is 12.3 Å². The SMILES string of the molecule is Nc1ccn(CC(=O)NCCc2ncno2)n1. The van der Waals surface area contributed by atoms with Crippen LogP contribution in [0, 0.1) is 0 Å². The Bertz CT molecular complexity index is 477. The highest BCUT2D eigenvalue weighted by Crippen LogP contribution is 1.95. The number of nitrogens with two attached hydrogens (primary N) is 1. The smallest absolute Gasteiger partial charge is 0.241 e. The highest BCUT2D eigenvalue weighted by atomic mass is 16.5. The van der Waals surface area contributed by atoms with E-state index in [1.807, 2.05) is 0 Å². The van der Waals surface area contributed by atoms with Crippen LogP contribution in [-0.2, 0) is 17.8 Å². The molecule has 0 aromatic carbocycles. The van der Waals surface area contributed by atoms with Gasteiger partial charge in [0, 0.05) is 19.2 Å². The summed E-state index contributed by atoms with van der Waals surface area (Å²) in [6.45, 7) is 0.582. The average Bonchev–Trinajstić information content (AvgIpc) is 2.90. The largest absolute Gasteiger partial charge is 0.382 e. The summed E-state index contributed by atoms with van der Waals surface area (Å²) >= 11 is 0. The maximum absolute atomic E-state index is 11.5. The minimum Gasteiger partial charge on any atom is -0.382 e. The van der Waals surface area contributed by atoms with Gasteiger partial charge in [-0.25, -0.2) is 0 Å². The Morgan fingerprint density at radius 2 is 2.47 bits per heavy atom. The number of aromatic nitrogens is 4. The molecule has 0 saturated carbocycles. The van der Waals surface area contributed by atoms with E-state index in [4.69, 9.17) is 10.3 Å². The molecule has 0 unspecified atom stereocenters. The van der Waals surface area contributed by atoms with E-state index in [-0.39, 0.29) is 12.5 Å². The molecule has 0 saturated heterocycles. The van der Waals surface area contributed by atoms with E-state index in [9.17, 15) is 4.79 Å². The van der Waals surface area contributed by atoms with Gasteiger partial charge in [0.2, 0.25) is 11.8 Å². The summed E-state index contributed by atoms with van der Waals surface area (Å²) in [6, 6.07) is 1.63. The molecule has 2 aromatic rings. The topological polar surface area (TPSA) is 112 Å². The van der Waals surface area contributed by atoms with Gasteiger partial charge < -0.3 is 15.6 Å². The number of hydrogen-bond acceptors (Lipinski definition) is 6. The molecule has 0 aliphatic carbocycles. The van der Waals surface area contributed by atoms with Crippen LogP contribution in [-0.4, -0.2) is 32.4 Å². The summed E-state index contributed by atoms with van der Waals surface area (Å²) in [4.78, 5) is 15.3. The first-order chi connectivity index (χ1) is 8.24. The van der Waals surface area contributed by atoms with Crippen LogP contribution in [0.25, 0.3) is 0 Å². The number of amides is 1.